The van der Waals surface area contributed by atoms with Gasteiger partial charge >= 0.3 is 0 Å². The normalized spacial score (nSPS) is 34.3. The lowest BCUT2D eigenvalue weighted by molar-refractivity contribution is -0.0231. The van der Waals surface area contributed by atoms with E-state index in [4.69, 9.17) is 4.74 Å². The molecular weight excluding hydrogens is 264 g/mol. The van der Waals surface area contributed by atoms with Crippen LogP contribution >= 0.6 is 0 Å². The molecule has 3 atom stereocenters. The van der Waals surface area contributed by atoms with Crippen molar-refractivity contribution in [1.82, 2.24) is 9.62 Å². The zero-order valence-electron chi connectivity index (χ0n) is 12.0. The van der Waals surface area contributed by atoms with Gasteiger partial charge in [-0.3, -0.25) is 0 Å². The van der Waals surface area contributed by atoms with Crippen LogP contribution in [0.1, 0.15) is 39.5 Å². The van der Waals surface area contributed by atoms with Gasteiger partial charge in [0.2, 0.25) is 10.0 Å². The number of piperidine rings is 1. The third kappa shape index (κ3) is 3.90. The van der Waals surface area contributed by atoms with Crippen molar-refractivity contribution in [3.63, 3.8) is 0 Å². The van der Waals surface area contributed by atoms with Gasteiger partial charge in [0.1, 0.15) is 0 Å². The SMILES string of the molecule is CCC1COC(C)CN1S(=O)(=O)CC1CCCCN1. The first-order valence-electron chi connectivity index (χ1n) is 7.37. The molecule has 2 saturated heterocycles. The molecule has 0 spiro atoms. The van der Waals surface area contributed by atoms with Crippen LogP contribution in [0.2, 0.25) is 0 Å². The van der Waals surface area contributed by atoms with Gasteiger partial charge in [0, 0.05) is 18.6 Å². The van der Waals surface area contributed by atoms with Crippen LogP contribution in [0.25, 0.3) is 0 Å². The zero-order valence-corrected chi connectivity index (χ0v) is 12.8. The minimum absolute atomic E-state index is 0.00288. The molecule has 2 rings (SSSR count). The summed E-state index contributed by atoms with van der Waals surface area (Å²) in [4.78, 5) is 0. The molecule has 1 N–H and O–H groups in total. The monoisotopic (exact) mass is 290 g/mol. The summed E-state index contributed by atoms with van der Waals surface area (Å²) in [7, 11) is -3.19. The Kier molecular flexibility index (Phi) is 5.22. The Morgan fingerprint density at radius 3 is 2.79 bits per heavy atom. The minimum Gasteiger partial charge on any atom is -0.375 e. The molecule has 0 radical (unpaired) electrons. The van der Waals surface area contributed by atoms with Gasteiger partial charge in [-0.2, -0.15) is 4.31 Å². The smallest absolute Gasteiger partial charge is 0.216 e. The van der Waals surface area contributed by atoms with Crippen molar-refractivity contribution in [2.45, 2.75) is 57.7 Å². The van der Waals surface area contributed by atoms with Gasteiger partial charge in [0.25, 0.3) is 0 Å². The maximum Gasteiger partial charge on any atom is 0.216 e. The van der Waals surface area contributed by atoms with E-state index in [1.165, 1.54) is 0 Å². The number of nitrogens with zero attached hydrogens (tertiary/aromatic N) is 1. The fraction of sp³-hybridized carbons (Fsp3) is 1.00. The average Bonchev–Trinajstić information content (AvgIpc) is 2.39. The van der Waals surface area contributed by atoms with E-state index in [9.17, 15) is 8.42 Å². The highest BCUT2D eigenvalue weighted by atomic mass is 32.2. The number of morpholine rings is 1. The Bertz CT molecular complexity index is 379. The number of nitrogens with one attached hydrogen (secondary N) is 1. The van der Waals surface area contributed by atoms with Crippen molar-refractivity contribution in [3.05, 3.63) is 0 Å². The molecule has 112 valence electrons. The number of rotatable bonds is 4. The summed E-state index contributed by atoms with van der Waals surface area (Å²) >= 11 is 0. The lowest BCUT2D eigenvalue weighted by Crippen LogP contribution is -2.54. The highest BCUT2D eigenvalue weighted by Crippen LogP contribution is 2.20. The number of hydrogen-bond acceptors (Lipinski definition) is 4. The summed E-state index contributed by atoms with van der Waals surface area (Å²) in [5.74, 6) is 0.232. The van der Waals surface area contributed by atoms with E-state index in [0.29, 0.717) is 13.2 Å². The summed E-state index contributed by atoms with van der Waals surface area (Å²) in [6, 6.07) is 0.124. The topological polar surface area (TPSA) is 58.6 Å². The molecule has 5 nitrogen and oxygen atoms in total. The quantitative estimate of drug-likeness (QED) is 0.838. The number of sulfonamides is 1. The first-order chi connectivity index (χ1) is 9.03. The Morgan fingerprint density at radius 1 is 1.37 bits per heavy atom. The van der Waals surface area contributed by atoms with Gasteiger partial charge in [-0.25, -0.2) is 8.42 Å². The van der Waals surface area contributed by atoms with Gasteiger partial charge in [-0.1, -0.05) is 13.3 Å². The predicted octanol–water partition coefficient (Wildman–Crippen LogP) is 0.958. The van der Waals surface area contributed by atoms with Crippen molar-refractivity contribution in [1.29, 1.82) is 0 Å². The van der Waals surface area contributed by atoms with Crippen LogP contribution in [-0.4, -0.2) is 56.4 Å². The predicted molar refractivity (Wildman–Crippen MR) is 75.6 cm³/mol. The average molecular weight is 290 g/mol. The van der Waals surface area contributed by atoms with Gasteiger partial charge in [-0.05, 0) is 32.7 Å². The summed E-state index contributed by atoms with van der Waals surface area (Å²) in [5.41, 5.74) is 0. The van der Waals surface area contributed by atoms with Crippen molar-refractivity contribution >= 4 is 10.0 Å². The van der Waals surface area contributed by atoms with E-state index >= 15 is 0 Å². The maximum absolute atomic E-state index is 12.6. The maximum atomic E-state index is 12.6. The summed E-state index contributed by atoms with van der Waals surface area (Å²) in [6.07, 6.45) is 4.06. The molecule has 3 unspecified atom stereocenters. The van der Waals surface area contributed by atoms with E-state index in [2.05, 4.69) is 5.32 Å². The van der Waals surface area contributed by atoms with Crippen LogP contribution in [0.4, 0.5) is 0 Å². The van der Waals surface area contributed by atoms with Crippen LogP contribution in [0, 0.1) is 0 Å². The fourth-order valence-electron chi connectivity index (χ4n) is 2.89. The lowest BCUT2D eigenvalue weighted by Gasteiger charge is -2.38. The van der Waals surface area contributed by atoms with Crippen molar-refractivity contribution < 1.29 is 13.2 Å². The van der Waals surface area contributed by atoms with Crippen molar-refractivity contribution in [2.75, 3.05) is 25.4 Å². The molecule has 0 aromatic carbocycles. The van der Waals surface area contributed by atoms with E-state index in [-0.39, 0.29) is 23.9 Å². The van der Waals surface area contributed by atoms with E-state index in [0.717, 1.165) is 32.2 Å². The Balaban J connectivity index is 2.03. The molecule has 0 saturated carbocycles. The molecule has 0 amide bonds. The van der Waals surface area contributed by atoms with E-state index < -0.39 is 10.0 Å². The first kappa shape index (κ1) is 15.2. The molecule has 0 aliphatic carbocycles. The first-order valence-corrected chi connectivity index (χ1v) is 8.98. The second-order valence-electron chi connectivity index (χ2n) is 5.70. The van der Waals surface area contributed by atoms with Gasteiger partial charge in [0.15, 0.2) is 0 Å². The van der Waals surface area contributed by atoms with E-state index in [1.54, 1.807) is 4.31 Å². The molecular formula is C13H26N2O3S. The van der Waals surface area contributed by atoms with Crippen LogP contribution in [0.5, 0.6) is 0 Å². The van der Waals surface area contributed by atoms with Gasteiger partial charge in [-0.15, -0.1) is 0 Å². The molecule has 2 aliphatic rings. The standard InChI is InChI=1S/C13H26N2O3S/c1-3-13-9-18-11(2)8-15(13)19(16,17)10-12-6-4-5-7-14-12/h11-14H,3-10H2,1-2H3. The van der Waals surface area contributed by atoms with Gasteiger partial charge < -0.3 is 10.1 Å². The molecule has 2 fully saturated rings. The fourth-order valence-corrected chi connectivity index (χ4v) is 4.98. The third-order valence-corrected chi connectivity index (χ3v) is 6.06. The highest BCUT2D eigenvalue weighted by molar-refractivity contribution is 7.89. The van der Waals surface area contributed by atoms with Crippen LogP contribution < -0.4 is 5.32 Å². The Labute approximate surface area is 116 Å². The zero-order chi connectivity index (χ0) is 13.9. The lowest BCUT2D eigenvalue weighted by atomic mass is 10.1. The molecule has 2 heterocycles. The third-order valence-electron chi connectivity index (χ3n) is 4.07. The Hall–Kier alpha value is -0.170. The van der Waals surface area contributed by atoms with E-state index in [1.807, 2.05) is 13.8 Å². The summed E-state index contributed by atoms with van der Waals surface area (Å²) < 4.78 is 32.5. The molecule has 0 bridgehead atoms. The largest absolute Gasteiger partial charge is 0.375 e. The van der Waals surface area contributed by atoms with Crippen LogP contribution in [-0.2, 0) is 14.8 Å². The molecule has 0 aromatic heterocycles. The second-order valence-corrected chi connectivity index (χ2v) is 7.67. The van der Waals surface area contributed by atoms with Crippen molar-refractivity contribution in [2.24, 2.45) is 0 Å². The molecule has 2 aliphatic heterocycles. The number of ether oxygens (including phenoxy) is 1. The second kappa shape index (κ2) is 6.52. The van der Waals surface area contributed by atoms with Crippen LogP contribution in [0.3, 0.4) is 0 Å². The van der Waals surface area contributed by atoms with Crippen LogP contribution in [0.15, 0.2) is 0 Å². The highest BCUT2D eigenvalue weighted by Gasteiger charge is 2.35. The Morgan fingerprint density at radius 2 is 2.16 bits per heavy atom. The number of hydrogen-bond donors (Lipinski definition) is 1. The molecule has 0 aromatic rings. The molecule has 19 heavy (non-hydrogen) atoms. The summed E-state index contributed by atoms with van der Waals surface area (Å²) in [6.45, 7) is 5.91. The van der Waals surface area contributed by atoms with Crippen molar-refractivity contribution in [3.8, 4) is 0 Å². The van der Waals surface area contributed by atoms with Gasteiger partial charge in [0.05, 0.1) is 18.5 Å². The summed E-state index contributed by atoms with van der Waals surface area (Å²) in [5, 5.41) is 3.32. The minimum atomic E-state index is -3.19. The molecule has 6 heteroatoms.